The van der Waals surface area contributed by atoms with Crippen LogP contribution < -0.4 is 0 Å². The molecule has 84 valence electrons. The van der Waals surface area contributed by atoms with Gasteiger partial charge in [-0.3, -0.25) is 0 Å². The zero-order chi connectivity index (χ0) is 9.97. The third kappa shape index (κ3) is 2.42. The van der Waals surface area contributed by atoms with Crippen molar-refractivity contribution in [2.45, 2.75) is 32.2 Å². The van der Waals surface area contributed by atoms with Crippen LogP contribution in [0.1, 0.15) is 26.2 Å². The molecule has 0 aromatic rings. The first-order valence-corrected chi connectivity index (χ1v) is 10.5. The first kappa shape index (κ1) is 11.1. The molecule has 0 aliphatic carbocycles. The SMILES string of the molecule is CCI(C)N1CCN2CCCCC2C1. The average molecular weight is 310 g/mol. The predicted molar refractivity (Wildman–Crippen MR) is 71.3 cm³/mol. The van der Waals surface area contributed by atoms with Gasteiger partial charge < -0.3 is 0 Å². The Bertz CT molecular complexity index is 186. The minimum atomic E-state index is -0.691. The van der Waals surface area contributed by atoms with Crippen molar-refractivity contribution in [3.63, 3.8) is 0 Å². The van der Waals surface area contributed by atoms with Gasteiger partial charge in [0.2, 0.25) is 0 Å². The molecule has 2 heterocycles. The molecule has 1 unspecified atom stereocenters. The number of piperazine rings is 1. The molecule has 2 aliphatic rings. The number of hydrogen-bond donors (Lipinski definition) is 0. The predicted octanol–water partition coefficient (Wildman–Crippen LogP) is 2.23. The van der Waals surface area contributed by atoms with Crippen LogP contribution in [-0.2, 0) is 0 Å². The van der Waals surface area contributed by atoms with Crippen LogP contribution in [-0.4, -0.2) is 49.6 Å². The van der Waals surface area contributed by atoms with E-state index < -0.39 is 20.1 Å². The van der Waals surface area contributed by atoms with E-state index in [9.17, 15) is 0 Å². The Morgan fingerprint density at radius 1 is 1.21 bits per heavy atom. The number of piperidine rings is 1. The Morgan fingerprint density at radius 2 is 2.07 bits per heavy atom. The Hall–Kier alpha value is 0.650. The van der Waals surface area contributed by atoms with Gasteiger partial charge >= 0.3 is 95.9 Å². The third-order valence-corrected chi connectivity index (χ3v) is 9.00. The molecule has 0 radical (unpaired) electrons. The van der Waals surface area contributed by atoms with Crippen LogP contribution in [0.5, 0.6) is 0 Å². The molecule has 2 rings (SSSR count). The van der Waals surface area contributed by atoms with E-state index in [-0.39, 0.29) is 0 Å². The summed E-state index contributed by atoms with van der Waals surface area (Å²) >= 11 is -0.691. The van der Waals surface area contributed by atoms with Gasteiger partial charge in [-0.25, -0.2) is 0 Å². The molecule has 1 atom stereocenters. The second-order valence-electron chi connectivity index (χ2n) is 4.38. The van der Waals surface area contributed by atoms with Crippen LogP contribution in [0.25, 0.3) is 0 Å². The summed E-state index contributed by atoms with van der Waals surface area (Å²) in [5, 5.41) is 0. The van der Waals surface area contributed by atoms with Crippen molar-refractivity contribution >= 4 is 20.1 Å². The monoisotopic (exact) mass is 310 g/mol. The van der Waals surface area contributed by atoms with Gasteiger partial charge in [0.1, 0.15) is 0 Å². The molecule has 0 saturated carbocycles. The van der Waals surface area contributed by atoms with Gasteiger partial charge in [-0.1, -0.05) is 0 Å². The van der Waals surface area contributed by atoms with Crippen molar-refractivity contribution in [2.24, 2.45) is 0 Å². The van der Waals surface area contributed by atoms with Crippen LogP contribution in [0.15, 0.2) is 0 Å². The van der Waals surface area contributed by atoms with E-state index in [1.807, 2.05) is 0 Å². The Balaban J connectivity index is 1.89. The molecule has 0 aromatic carbocycles. The van der Waals surface area contributed by atoms with Gasteiger partial charge in [0.25, 0.3) is 0 Å². The average Bonchev–Trinajstić information content (AvgIpc) is 2.27. The molecule has 3 heteroatoms. The van der Waals surface area contributed by atoms with Crippen molar-refractivity contribution in [1.82, 2.24) is 8.01 Å². The van der Waals surface area contributed by atoms with Crippen LogP contribution in [0.4, 0.5) is 0 Å². The molecule has 2 fully saturated rings. The van der Waals surface area contributed by atoms with Crippen LogP contribution >= 0.6 is 20.1 Å². The second-order valence-corrected chi connectivity index (χ2v) is 10.4. The Morgan fingerprint density at radius 3 is 2.86 bits per heavy atom. The molecule has 2 saturated heterocycles. The van der Waals surface area contributed by atoms with Crippen LogP contribution in [0, 0.1) is 0 Å². The van der Waals surface area contributed by atoms with Gasteiger partial charge in [0.05, 0.1) is 0 Å². The fraction of sp³-hybridized carbons (Fsp3) is 1.00. The zero-order valence-electron chi connectivity index (χ0n) is 9.51. The molecule has 0 aromatic heterocycles. The van der Waals surface area contributed by atoms with Crippen LogP contribution in [0.3, 0.4) is 0 Å². The standard InChI is InChI=1S/C11H23IN2/c1-3-12(2)14-9-8-13-7-5-4-6-11(13)10-14/h11H,3-10H2,1-2H3. The summed E-state index contributed by atoms with van der Waals surface area (Å²) < 4.78 is 4.30. The molecule has 0 N–H and O–H groups in total. The number of nitrogens with zero attached hydrogens (tertiary/aromatic N) is 2. The zero-order valence-corrected chi connectivity index (χ0v) is 11.7. The number of halogens is 1. The van der Waals surface area contributed by atoms with E-state index in [0.717, 1.165) is 6.04 Å². The number of hydrogen-bond acceptors (Lipinski definition) is 2. The molecular formula is C11H23IN2. The number of alkyl halides is 2. The van der Waals surface area contributed by atoms with Gasteiger partial charge in [-0.05, 0) is 0 Å². The molecule has 2 aliphatic heterocycles. The van der Waals surface area contributed by atoms with Crippen molar-refractivity contribution in [3.05, 3.63) is 0 Å². The summed E-state index contributed by atoms with van der Waals surface area (Å²) in [5.74, 6) is 0. The molecule has 0 spiro atoms. The van der Waals surface area contributed by atoms with E-state index in [1.165, 1.54) is 49.9 Å². The fourth-order valence-corrected chi connectivity index (χ4v) is 5.68. The maximum absolute atomic E-state index is 2.84. The summed E-state index contributed by atoms with van der Waals surface area (Å²) in [6, 6.07) is 0.920. The second kappa shape index (κ2) is 5.12. The van der Waals surface area contributed by atoms with Gasteiger partial charge in [0, 0.05) is 0 Å². The summed E-state index contributed by atoms with van der Waals surface area (Å²) in [7, 11) is 0. The fourth-order valence-electron chi connectivity index (χ4n) is 2.55. The first-order valence-electron chi connectivity index (χ1n) is 5.86. The molecular weight excluding hydrogens is 287 g/mol. The van der Waals surface area contributed by atoms with E-state index in [4.69, 9.17) is 0 Å². The molecule has 0 bridgehead atoms. The third-order valence-electron chi connectivity index (χ3n) is 3.58. The van der Waals surface area contributed by atoms with Crippen molar-refractivity contribution < 1.29 is 0 Å². The van der Waals surface area contributed by atoms with E-state index in [2.05, 4.69) is 19.9 Å². The quantitative estimate of drug-likeness (QED) is 0.438. The van der Waals surface area contributed by atoms with E-state index in [1.54, 1.807) is 0 Å². The first-order chi connectivity index (χ1) is 6.81. The molecule has 2 nitrogen and oxygen atoms in total. The number of fused-ring (bicyclic) bond motifs is 1. The molecule has 14 heavy (non-hydrogen) atoms. The normalized spacial score (nSPS) is 31.3. The number of rotatable bonds is 2. The minimum absolute atomic E-state index is 0.691. The summed E-state index contributed by atoms with van der Waals surface area (Å²) in [6.45, 7) is 7.87. The summed E-state index contributed by atoms with van der Waals surface area (Å²) in [5.41, 5.74) is 0. The van der Waals surface area contributed by atoms with Gasteiger partial charge in [0.15, 0.2) is 0 Å². The Kier molecular flexibility index (Phi) is 4.08. The van der Waals surface area contributed by atoms with Crippen LogP contribution in [0.2, 0.25) is 0 Å². The van der Waals surface area contributed by atoms with Crippen molar-refractivity contribution in [2.75, 3.05) is 35.5 Å². The van der Waals surface area contributed by atoms with Gasteiger partial charge in [-0.2, -0.15) is 0 Å². The molecule has 0 amide bonds. The van der Waals surface area contributed by atoms with Crippen molar-refractivity contribution in [3.8, 4) is 0 Å². The van der Waals surface area contributed by atoms with E-state index >= 15 is 0 Å². The maximum atomic E-state index is 2.84. The Labute approximate surface area is 95.8 Å². The topological polar surface area (TPSA) is 6.48 Å². The van der Waals surface area contributed by atoms with Crippen molar-refractivity contribution in [1.29, 1.82) is 0 Å². The van der Waals surface area contributed by atoms with Gasteiger partial charge in [-0.15, -0.1) is 0 Å². The summed E-state index contributed by atoms with van der Waals surface area (Å²) in [6.07, 6.45) is 4.38. The van der Waals surface area contributed by atoms with E-state index in [0.29, 0.717) is 0 Å². The summed E-state index contributed by atoms with van der Waals surface area (Å²) in [4.78, 5) is 5.27.